The molecular weight excluding hydrogens is 356 g/mol. The number of carbonyl (C=O) groups excluding carboxylic acids is 1. The van der Waals surface area contributed by atoms with Crippen LogP contribution in [0.1, 0.15) is 12.0 Å². The number of amides is 2. The van der Waals surface area contributed by atoms with E-state index in [4.69, 9.17) is 5.11 Å². The van der Waals surface area contributed by atoms with Crippen LogP contribution in [-0.2, 0) is 4.79 Å². The molecule has 0 radical (unpaired) electrons. The molecule has 114 valence electrons. The van der Waals surface area contributed by atoms with Gasteiger partial charge in [0.2, 0.25) is 0 Å². The molecule has 0 spiro atoms. The lowest BCUT2D eigenvalue weighted by atomic mass is 10.2. The highest BCUT2D eigenvalue weighted by molar-refractivity contribution is 9.10. The first kappa shape index (κ1) is 17.6. The molecule has 3 N–H and O–H groups in total. The highest BCUT2D eigenvalue weighted by Crippen LogP contribution is 2.12. The Morgan fingerprint density at radius 3 is 2.86 bits per heavy atom. The normalized spacial score (nSPS) is 12.1. The number of carboxylic acids is 1. The van der Waals surface area contributed by atoms with E-state index in [9.17, 15) is 9.59 Å². The van der Waals surface area contributed by atoms with Gasteiger partial charge in [0.25, 0.3) is 0 Å². The molecule has 0 saturated heterocycles. The summed E-state index contributed by atoms with van der Waals surface area (Å²) in [4.78, 5) is 22.6. The molecule has 1 unspecified atom stereocenters. The summed E-state index contributed by atoms with van der Waals surface area (Å²) < 4.78 is 0.942. The summed E-state index contributed by atoms with van der Waals surface area (Å²) in [5.74, 6) is -0.360. The molecular formula is C14H17BrN2O3S. The zero-order valence-corrected chi connectivity index (χ0v) is 13.9. The lowest BCUT2D eigenvalue weighted by Crippen LogP contribution is -2.44. The third kappa shape index (κ3) is 7.19. The number of urea groups is 1. The quantitative estimate of drug-likeness (QED) is 0.687. The SMILES string of the molecule is CSCCC(NC(=O)N/C=C/c1cccc(Br)c1)C(=O)O. The van der Waals surface area contributed by atoms with Gasteiger partial charge in [-0.2, -0.15) is 11.8 Å². The van der Waals surface area contributed by atoms with Gasteiger partial charge in [-0.1, -0.05) is 28.1 Å². The van der Waals surface area contributed by atoms with E-state index in [0.717, 1.165) is 10.0 Å². The molecule has 1 aromatic carbocycles. The van der Waals surface area contributed by atoms with Gasteiger partial charge in [-0.25, -0.2) is 9.59 Å². The molecule has 0 aliphatic heterocycles. The van der Waals surface area contributed by atoms with Crippen LogP contribution in [0.3, 0.4) is 0 Å². The minimum absolute atomic E-state index is 0.388. The summed E-state index contributed by atoms with van der Waals surface area (Å²) in [6.45, 7) is 0. The van der Waals surface area contributed by atoms with Crippen LogP contribution in [0, 0.1) is 0 Å². The molecule has 0 saturated carbocycles. The van der Waals surface area contributed by atoms with Crippen molar-refractivity contribution in [3.05, 3.63) is 40.5 Å². The fourth-order valence-corrected chi connectivity index (χ4v) is 2.41. The van der Waals surface area contributed by atoms with Gasteiger partial charge in [-0.05, 0) is 42.2 Å². The Morgan fingerprint density at radius 2 is 2.24 bits per heavy atom. The second kappa shape index (κ2) is 9.46. The molecule has 0 bridgehead atoms. The van der Waals surface area contributed by atoms with Crippen molar-refractivity contribution in [1.29, 1.82) is 0 Å². The molecule has 1 atom stereocenters. The summed E-state index contributed by atoms with van der Waals surface area (Å²) in [6, 6.07) is 6.16. The zero-order chi connectivity index (χ0) is 15.7. The number of benzene rings is 1. The number of hydrogen-bond donors (Lipinski definition) is 3. The van der Waals surface area contributed by atoms with Gasteiger partial charge in [-0.3, -0.25) is 0 Å². The van der Waals surface area contributed by atoms with Crippen LogP contribution >= 0.6 is 27.7 Å². The van der Waals surface area contributed by atoms with E-state index in [0.29, 0.717) is 12.2 Å². The van der Waals surface area contributed by atoms with Crippen LogP contribution in [0.15, 0.2) is 34.9 Å². The van der Waals surface area contributed by atoms with E-state index < -0.39 is 18.0 Å². The van der Waals surface area contributed by atoms with E-state index in [1.54, 1.807) is 6.08 Å². The number of carbonyl (C=O) groups is 2. The number of rotatable bonds is 7. The molecule has 0 aliphatic carbocycles. The van der Waals surface area contributed by atoms with E-state index in [1.165, 1.54) is 18.0 Å². The van der Waals surface area contributed by atoms with Crippen molar-refractivity contribution in [3.8, 4) is 0 Å². The van der Waals surface area contributed by atoms with Crippen LogP contribution in [0.25, 0.3) is 6.08 Å². The molecule has 5 nitrogen and oxygen atoms in total. The van der Waals surface area contributed by atoms with Crippen molar-refractivity contribution in [1.82, 2.24) is 10.6 Å². The van der Waals surface area contributed by atoms with Crippen LogP contribution in [0.5, 0.6) is 0 Å². The van der Waals surface area contributed by atoms with Gasteiger partial charge >= 0.3 is 12.0 Å². The number of halogens is 1. The van der Waals surface area contributed by atoms with Crippen LogP contribution < -0.4 is 10.6 Å². The topological polar surface area (TPSA) is 78.4 Å². The van der Waals surface area contributed by atoms with Gasteiger partial charge in [0, 0.05) is 10.7 Å². The lowest BCUT2D eigenvalue weighted by molar-refractivity contribution is -0.139. The largest absolute Gasteiger partial charge is 0.480 e. The minimum atomic E-state index is -1.03. The van der Waals surface area contributed by atoms with E-state index in [-0.39, 0.29) is 0 Å². The summed E-state index contributed by atoms with van der Waals surface area (Å²) in [5, 5.41) is 13.9. The maximum atomic E-state index is 11.6. The van der Waals surface area contributed by atoms with E-state index in [1.807, 2.05) is 30.5 Å². The summed E-state index contributed by atoms with van der Waals surface area (Å²) in [5.41, 5.74) is 0.918. The lowest BCUT2D eigenvalue weighted by Gasteiger charge is -2.13. The maximum Gasteiger partial charge on any atom is 0.326 e. The standard InChI is InChI=1S/C14H17BrN2O3S/c1-21-8-6-12(13(18)19)17-14(20)16-7-5-10-3-2-4-11(15)9-10/h2-5,7,9,12H,6,8H2,1H3,(H,18,19)(H2,16,17,20)/b7-5+. The van der Waals surface area contributed by atoms with Crippen LogP contribution in [0.2, 0.25) is 0 Å². The van der Waals surface area contributed by atoms with Gasteiger partial charge in [0.1, 0.15) is 6.04 Å². The first-order valence-corrected chi connectivity index (χ1v) is 8.42. The molecule has 0 aromatic heterocycles. The number of aliphatic carboxylic acids is 1. The van der Waals surface area contributed by atoms with Gasteiger partial charge in [0.05, 0.1) is 0 Å². The Labute approximate surface area is 136 Å². The fraction of sp³-hybridized carbons (Fsp3) is 0.286. The van der Waals surface area contributed by atoms with Crippen molar-refractivity contribution < 1.29 is 14.7 Å². The smallest absolute Gasteiger partial charge is 0.326 e. The molecule has 1 rings (SSSR count). The zero-order valence-electron chi connectivity index (χ0n) is 11.5. The highest BCUT2D eigenvalue weighted by Gasteiger charge is 2.18. The van der Waals surface area contributed by atoms with Crippen molar-refractivity contribution in [3.63, 3.8) is 0 Å². The summed E-state index contributed by atoms with van der Waals surface area (Å²) >= 11 is 4.89. The third-order valence-corrected chi connectivity index (χ3v) is 3.69. The number of thioether (sulfide) groups is 1. The number of hydrogen-bond acceptors (Lipinski definition) is 3. The van der Waals surface area contributed by atoms with Crippen molar-refractivity contribution in [2.45, 2.75) is 12.5 Å². The predicted octanol–water partition coefficient (Wildman–Crippen LogP) is 2.93. The molecule has 1 aromatic rings. The molecule has 0 aliphatic rings. The van der Waals surface area contributed by atoms with E-state index in [2.05, 4.69) is 26.6 Å². The average molecular weight is 373 g/mol. The number of carboxylic acid groups (broad SMARTS) is 1. The molecule has 21 heavy (non-hydrogen) atoms. The second-order valence-electron chi connectivity index (χ2n) is 4.18. The number of nitrogens with one attached hydrogen (secondary N) is 2. The van der Waals surface area contributed by atoms with Crippen LogP contribution in [-0.4, -0.2) is 35.2 Å². The fourth-order valence-electron chi connectivity index (χ4n) is 1.52. The Hall–Kier alpha value is -1.47. The first-order valence-electron chi connectivity index (χ1n) is 6.24. The molecule has 7 heteroatoms. The Kier molecular flexibility index (Phi) is 7.92. The Bertz CT molecular complexity index is 523. The van der Waals surface area contributed by atoms with Gasteiger partial charge in [-0.15, -0.1) is 0 Å². The monoisotopic (exact) mass is 372 g/mol. The van der Waals surface area contributed by atoms with Crippen molar-refractivity contribution >= 4 is 45.8 Å². The molecule has 0 heterocycles. The van der Waals surface area contributed by atoms with Crippen molar-refractivity contribution in [2.75, 3.05) is 12.0 Å². The first-order chi connectivity index (χ1) is 10.0. The summed E-state index contributed by atoms with van der Waals surface area (Å²) in [6.07, 6.45) is 5.48. The Morgan fingerprint density at radius 1 is 1.48 bits per heavy atom. The van der Waals surface area contributed by atoms with Crippen LogP contribution in [0.4, 0.5) is 4.79 Å². The Balaban J connectivity index is 2.47. The minimum Gasteiger partial charge on any atom is -0.480 e. The maximum absolute atomic E-state index is 11.6. The average Bonchev–Trinajstić information content (AvgIpc) is 2.43. The van der Waals surface area contributed by atoms with Crippen molar-refractivity contribution in [2.24, 2.45) is 0 Å². The van der Waals surface area contributed by atoms with Gasteiger partial charge < -0.3 is 15.7 Å². The van der Waals surface area contributed by atoms with Gasteiger partial charge in [0.15, 0.2) is 0 Å². The predicted molar refractivity (Wildman–Crippen MR) is 89.3 cm³/mol. The molecule has 2 amide bonds. The highest BCUT2D eigenvalue weighted by atomic mass is 79.9. The molecule has 0 fully saturated rings. The second-order valence-corrected chi connectivity index (χ2v) is 6.08. The third-order valence-electron chi connectivity index (χ3n) is 2.55. The van der Waals surface area contributed by atoms with E-state index >= 15 is 0 Å². The summed E-state index contributed by atoms with van der Waals surface area (Å²) in [7, 11) is 0.